The second kappa shape index (κ2) is 7.67. The first kappa shape index (κ1) is 21.4. The summed E-state index contributed by atoms with van der Waals surface area (Å²) in [6, 6.07) is 6.40. The van der Waals surface area contributed by atoms with E-state index in [1.165, 1.54) is 6.07 Å². The highest BCUT2D eigenvalue weighted by Crippen LogP contribution is 2.43. The topological polar surface area (TPSA) is 142 Å². The zero-order valence-corrected chi connectivity index (χ0v) is 16.8. The molecule has 5 N–H and O–H groups in total. The molecule has 0 amide bonds. The number of halogens is 1. The zero-order valence-electron chi connectivity index (χ0n) is 16.0. The van der Waals surface area contributed by atoms with Crippen LogP contribution in [0.1, 0.15) is 32.1 Å². The Morgan fingerprint density at radius 3 is 2.50 bits per heavy atom. The van der Waals surface area contributed by atoms with E-state index in [0.717, 1.165) is 30.0 Å². The highest BCUT2D eigenvalue weighted by molar-refractivity contribution is 6.22. The Morgan fingerprint density at radius 1 is 1.13 bits per heavy atom. The van der Waals surface area contributed by atoms with E-state index >= 15 is 0 Å². The Labute approximate surface area is 177 Å². The number of benzene rings is 1. The van der Waals surface area contributed by atoms with Gasteiger partial charge in [0.05, 0.1) is 5.52 Å². The maximum Gasteiger partial charge on any atom is 0.340 e. The van der Waals surface area contributed by atoms with Crippen LogP contribution in [0.3, 0.4) is 0 Å². The zero-order chi connectivity index (χ0) is 21.7. The van der Waals surface area contributed by atoms with Gasteiger partial charge >= 0.3 is 5.97 Å². The fourth-order valence-corrected chi connectivity index (χ4v) is 4.47. The van der Waals surface area contributed by atoms with Crippen LogP contribution < -0.4 is 0 Å². The SMILES string of the molecule is O=C(OC1CCCCC1)[C@H]1O[C@](O)(Cl)[C@H](O)[C@@H](O)[C@@]1(O)n1cc(O)c2ccccc21. The molecule has 164 valence electrons. The van der Waals surface area contributed by atoms with E-state index in [0.29, 0.717) is 18.2 Å². The molecule has 5 atom stereocenters. The van der Waals surface area contributed by atoms with E-state index in [-0.39, 0.29) is 11.3 Å². The minimum Gasteiger partial charge on any atom is -0.506 e. The average Bonchev–Trinajstić information content (AvgIpc) is 3.07. The lowest BCUT2D eigenvalue weighted by molar-refractivity contribution is -0.354. The van der Waals surface area contributed by atoms with Crippen LogP contribution in [-0.4, -0.2) is 65.7 Å². The average molecular weight is 442 g/mol. The molecule has 2 fully saturated rings. The normalized spacial score (nSPS) is 35.4. The van der Waals surface area contributed by atoms with Crippen LogP contribution in [0.2, 0.25) is 0 Å². The van der Waals surface area contributed by atoms with Crippen LogP contribution in [0, 0.1) is 0 Å². The number of aromatic nitrogens is 1. The summed E-state index contributed by atoms with van der Waals surface area (Å²) >= 11 is 5.78. The third-order valence-corrected chi connectivity index (χ3v) is 6.21. The molecule has 9 nitrogen and oxygen atoms in total. The summed E-state index contributed by atoms with van der Waals surface area (Å²) in [4.78, 5) is 13.0. The van der Waals surface area contributed by atoms with Crippen LogP contribution in [0.5, 0.6) is 5.75 Å². The number of aliphatic hydroxyl groups excluding tert-OH is 2. The number of alkyl halides is 1. The van der Waals surface area contributed by atoms with Crippen molar-refractivity contribution in [1.82, 2.24) is 4.57 Å². The summed E-state index contributed by atoms with van der Waals surface area (Å²) in [5.74, 6) is -1.28. The van der Waals surface area contributed by atoms with Gasteiger partial charge in [-0.05, 0) is 37.8 Å². The second-order valence-electron chi connectivity index (χ2n) is 7.88. The molecule has 0 spiro atoms. The summed E-state index contributed by atoms with van der Waals surface area (Å²) in [5.41, 5.74) is -2.38. The summed E-state index contributed by atoms with van der Waals surface area (Å²) in [5, 5.41) is 50.5. The van der Waals surface area contributed by atoms with E-state index < -0.39 is 41.4 Å². The van der Waals surface area contributed by atoms with Gasteiger partial charge in [-0.2, -0.15) is 0 Å². The lowest BCUT2D eigenvalue weighted by Crippen LogP contribution is -2.71. The van der Waals surface area contributed by atoms with Crippen LogP contribution in [0.25, 0.3) is 10.9 Å². The lowest BCUT2D eigenvalue weighted by atomic mass is 9.90. The Balaban J connectivity index is 1.79. The number of nitrogens with zero attached hydrogens (tertiary/aromatic N) is 1. The predicted octanol–water partition coefficient (Wildman–Crippen LogP) is 0.873. The van der Waals surface area contributed by atoms with Crippen LogP contribution >= 0.6 is 11.6 Å². The van der Waals surface area contributed by atoms with Crippen molar-refractivity contribution >= 4 is 28.5 Å². The van der Waals surface area contributed by atoms with Crippen molar-refractivity contribution in [2.24, 2.45) is 0 Å². The molecule has 1 aromatic carbocycles. The number of ether oxygens (including phenoxy) is 2. The van der Waals surface area contributed by atoms with Crippen LogP contribution in [-0.2, 0) is 20.0 Å². The van der Waals surface area contributed by atoms with Gasteiger partial charge < -0.3 is 39.6 Å². The van der Waals surface area contributed by atoms with E-state index in [1.54, 1.807) is 18.2 Å². The molecule has 1 saturated heterocycles. The largest absolute Gasteiger partial charge is 0.506 e. The number of aliphatic hydroxyl groups is 4. The molecule has 2 heterocycles. The third-order valence-electron chi connectivity index (χ3n) is 5.89. The molecule has 1 aromatic heterocycles. The van der Waals surface area contributed by atoms with E-state index in [2.05, 4.69) is 0 Å². The molecule has 0 bridgehead atoms. The summed E-state index contributed by atoms with van der Waals surface area (Å²) < 4.78 is 11.7. The second-order valence-corrected chi connectivity index (χ2v) is 8.42. The molecule has 0 radical (unpaired) electrons. The standard InChI is InChI=1S/C20H24ClNO8/c21-20(28)16(25)15(24)19(27,22-10-14(23)12-8-4-5-9-13(12)22)17(30-20)18(26)29-11-6-2-1-3-7-11/h4-5,8-11,15-17,23-25,27-28H,1-3,6-7H2/t15-,16-,17-,19+,20+/m1/s1. The van der Waals surface area contributed by atoms with E-state index in [9.17, 15) is 30.3 Å². The quantitative estimate of drug-likeness (QED) is 0.349. The number of para-hydroxylation sites is 1. The smallest absolute Gasteiger partial charge is 0.340 e. The van der Waals surface area contributed by atoms with Gasteiger partial charge in [-0.25, -0.2) is 4.79 Å². The maximum absolute atomic E-state index is 13.0. The highest BCUT2D eigenvalue weighted by atomic mass is 35.5. The Morgan fingerprint density at radius 2 is 1.80 bits per heavy atom. The van der Waals surface area contributed by atoms with Gasteiger partial charge in [-0.15, -0.1) is 0 Å². The molecular weight excluding hydrogens is 418 g/mol. The molecule has 1 saturated carbocycles. The summed E-state index contributed by atoms with van der Waals surface area (Å²) in [6.07, 6.45) is -1.56. The van der Waals surface area contributed by atoms with Crippen LogP contribution in [0.4, 0.5) is 0 Å². The number of esters is 1. The summed E-state index contributed by atoms with van der Waals surface area (Å²) in [7, 11) is 0. The minimum atomic E-state index is -2.84. The van der Waals surface area contributed by atoms with Crippen molar-refractivity contribution in [1.29, 1.82) is 0 Å². The van der Waals surface area contributed by atoms with E-state index in [4.69, 9.17) is 21.1 Å². The van der Waals surface area contributed by atoms with Crippen LogP contribution in [0.15, 0.2) is 30.5 Å². The first-order valence-electron chi connectivity index (χ1n) is 9.84. The highest BCUT2D eigenvalue weighted by Gasteiger charge is 2.64. The lowest BCUT2D eigenvalue weighted by Gasteiger charge is -2.49. The van der Waals surface area contributed by atoms with Crippen molar-refractivity contribution in [3.8, 4) is 5.75 Å². The number of carbonyl (C=O) groups excluding carboxylic acids is 1. The molecule has 10 heteroatoms. The molecular formula is C20H24ClNO8. The maximum atomic E-state index is 13.0. The van der Waals surface area contributed by atoms with Gasteiger partial charge in [0.25, 0.3) is 5.25 Å². The number of fused-ring (bicyclic) bond motifs is 1. The summed E-state index contributed by atoms with van der Waals surface area (Å²) in [6.45, 7) is 0. The fraction of sp³-hybridized carbons (Fsp3) is 0.550. The first-order chi connectivity index (χ1) is 14.2. The molecule has 4 rings (SSSR count). The van der Waals surface area contributed by atoms with Crippen molar-refractivity contribution in [2.75, 3.05) is 0 Å². The van der Waals surface area contributed by atoms with Crippen molar-refractivity contribution in [3.63, 3.8) is 0 Å². The number of rotatable bonds is 3. The fourth-order valence-electron chi connectivity index (χ4n) is 4.26. The van der Waals surface area contributed by atoms with Crippen molar-refractivity contribution in [3.05, 3.63) is 30.5 Å². The minimum absolute atomic E-state index is 0.230. The van der Waals surface area contributed by atoms with Crippen molar-refractivity contribution < 1.29 is 39.8 Å². The predicted molar refractivity (Wildman–Crippen MR) is 104 cm³/mol. The Hall–Kier alpha value is -1.88. The van der Waals surface area contributed by atoms with Gasteiger partial charge in [0.15, 0.2) is 6.10 Å². The molecule has 0 unspecified atom stereocenters. The Bertz CT molecular complexity index is 940. The molecule has 30 heavy (non-hydrogen) atoms. The van der Waals surface area contributed by atoms with Gasteiger partial charge in [0, 0.05) is 11.6 Å². The van der Waals surface area contributed by atoms with Gasteiger partial charge in [-0.3, -0.25) is 0 Å². The molecule has 2 aromatic rings. The van der Waals surface area contributed by atoms with Crippen molar-refractivity contribution in [2.45, 2.75) is 67.5 Å². The van der Waals surface area contributed by atoms with Gasteiger partial charge in [-0.1, -0.05) is 30.2 Å². The van der Waals surface area contributed by atoms with Gasteiger partial charge in [0.1, 0.15) is 18.0 Å². The third kappa shape index (κ3) is 3.35. The number of aromatic hydroxyl groups is 1. The first-order valence-corrected chi connectivity index (χ1v) is 10.2. The number of hydrogen-bond donors (Lipinski definition) is 5. The van der Waals surface area contributed by atoms with E-state index in [1.807, 2.05) is 0 Å². The van der Waals surface area contributed by atoms with Gasteiger partial charge in [0.2, 0.25) is 11.8 Å². The monoisotopic (exact) mass is 441 g/mol. The molecule has 1 aliphatic heterocycles. The number of hydrogen-bond acceptors (Lipinski definition) is 8. The Kier molecular flexibility index (Phi) is 5.46. The number of carbonyl (C=O) groups is 1. The molecule has 2 aliphatic rings. The molecule has 1 aliphatic carbocycles.